The minimum absolute atomic E-state index is 0.0202. The molecule has 0 N–H and O–H groups in total. The van der Waals surface area contributed by atoms with Gasteiger partial charge in [0.2, 0.25) is 0 Å². The molecule has 0 aliphatic rings. The molecule has 2 aromatic carbocycles. The molecule has 0 heterocycles. The van der Waals surface area contributed by atoms with Crippen LogP contribution in [0.3, 0.4) is 0 Å². The van der Waals surface area contributed by atoms with Crippen molar-refractivity contribution in [2.24, 2.45) is 0 Å². The highest BCUT2D eigenvalue weighted by Crippen LogP contribution is 2.38. The van der Waals surface area contributed by atoms with Crippen LogP contribution >= 0.6 is 39.1 Å². The molecule has 0 saturated heterocycles. The maximum absolute atomic E-state index is 6.23. The number of hydrogen-bond donors (Lipinski definition) is 0. The van der Waals surface area contributed by atoms with Crippen molar-refractivity contribution in [2.75, 3.05) is 7.11 Å². The number of rotatable bonds is 3. The molecule has 0 spiro atoms. The summed E-state index contributed by atoms with van der Waals surface area (Å²) < 4.78 is 5.35. The summed E-state index contributed by atoms with van der Waals surface area (Å²) in [6.45, 7) is 2.01. The molecule has 0 aromatic heterocycles. The van der Waals surface area contributed by atoms with Crippen LogP contribution in [0.5, 0.6) is 5.75 Å². The third-order valence-corrected chi connectivity index (χ3v) is 4.56. The third kappa shape index (κ3) is 3.25. The lowest BCUT2D eigenvalue weighted by molar-refractivity contribution is 0.411. The lowest BCUT2D eigenvalue weighted by Gasteiger charge is -2.15. The number of halogens is 3. The molecule has 0 fully saturated rings. The summed E-state index contributed by atoms with van der Waals surface area (Å²) in [6.07, 6.45) is 0. The second-order valence-corrected chi connectivity index (χ2v) is 6.02. The Morgan fingerprint density at radius 1 is 1.11 bits per heavy atom. The number of aryl methyl sites for hydroxylation is 1. The number of benzene rings is 2. The summed E-state index contributed by atoms with van der Waals surface area (Å²) in [5, 5.41) is 1.36. The van der Waals surface area contributed by atoms with Gasteiger partial charge in [0.1, 0.15) is 5.75 Å². The fourth-order valence-electron chi connectivity index (χ4n) is 1.88. The lowest BCUT2D eigenvalue weighted by atomic mass is 10.0. The van der Waals surface area contributed by atoms with Crippen molar-refractivity contribution in [3.05, 3.63) is 63.1 Å². The van der Waals surface area contributed by atoms with Crippen LogP contribution in [0, 0.1) is 6.92 Å². The summed E-state index contributed by atoms with van der Waals surface area (Å²) in [6, 6.07) is 11.5. The Kier molecular flexibility index (Phi) is 4.77. The van der Waals surface area contributed by atoms with Crippen LogP contribution in [0.1, 0.15) is 21.5 Å². The van der Waals surface area contributed by atoms with Crippen LogP contribution in [0.2, 0.25) is 10.0 Å². The van der Waals surface area contributed by atoms with Gasteiger partial charge in [0.05, 0.1) is 11.9 Å². The topological polar surface area (TPSA) is 9.23 Å². The molecule has 1 nitrogen and oxygen atoms in total. The summed E-state index contributed by atoms with van der Waals surface area (Å²) in [5.41, 5.74) is 3.12. The Balaban J connectivity index is 2.43. The van der Waals surface area contributed by atoms with E-state index in [0.29, 0.717) is 10.0 Å². The first-order valence-electron chi connectivity index (χ1n) is 5.76. The quantitative estimate of drug-likeness (QED) is 0.629. The molecule has 4 heteroatoms. The molecule has 100 valence electrons. The summed E-state index contributed by atoms with van der Waals surface area (Å²) in [4.78, 5) is -0.0202. The molecule has 0 aliphatic heterocycles. The molecule has 0 aliphatic carbocycles. The monoisotopic (exact) mass is 358 g/mol. The van der Waals surface area contributed by atoms with E-state index in [1.807, 2.05) is 25.1 Å². The summed E-state index contributed by atoms with van der Waals surface area (Å²) in [7, 11) is 1.67. The van der Waals surface area contributed by atoms with E-state index in [9.17, 15) is 0 Å². The van der Waals surface area contributed by atoms with Crippen molar-refractivity contribution in [3.63, 3.8) is 0 Å². The van der Waals surface area contributed by atoms with Gasteiger partial charge in [-0.3, -0.25) is 0 Å². The Hall–Kier alpha value is -0.700. The molecule has 19 heavy (non-hydrogen) atoms. The van der Waals surface area contributed by atoms with Crippen molar-refractivity contribution >= 4 is 39.1 Å². The smallest absolute Gasteiger partial charge is 0.122 e. The van der Waals surface area contributed by atoms with Gasteiger partial charge in [-0.1, -0.05) is 51.3 Å². The molecule has 1 atom stereocenters. The zero-order valence-corrected chi connectivity index (χ0v) is 13.7. The summed E-state index contributed by atoms with van der Waals surface area (Å²) in [5.74, 6) is 0.861. The van der Waals surface area contributed by atoms with E-state index < -0.39 is 0 Å². The first kappa shape index (κ1) is 14.7. The largest absolute Gasteiger partial charge is 0.496 e. The molecule has 0 saturated carbocycles. The van der Waals surface area contributed by atoms with Crippen LogP contribution in [-0.4, -0.2) is 7.11 Å². The molecular formula is C15H13BrCl2O. The van der Waals surface area contributed by atoms with Crippen LogP contribution in [-0.2, 0) is 0 Å². The van der Waals surface area contributed by atoms with Gasteiger partial charge in [-0.05, 0) is 47.9 Å². The highest BCUT2D eigenvalue weighted by molar-refractivity contribution is 9.09. The normalized spacial score (nSPS) is 12.3. The maximum atomic E-state index is 6.23. The first-order chi connectivity index (χ1) is 9.02. The van der Waals surface area contributed by atoms with Crippen molar-refractivity contribution in [2.45, 2.75) is 11.8 Å². The van der Waals surface area contributed by atoms with E-state index in [1.165, 1.54) is 0 Å². The molecule has 2 rings (SSSR count). The van der Waals surface area contributed by atoms with E-state index in [0.717, 1.165) is 22.4 Å². The Labute approximate surface area is 131 Å². The average Bonchev–Trinajstić information content (AvgIpc) is 2.41. The average molecular weight is 360 g/mol. The standard InChI is InChI=1S/C15H13BrCl2O/c1-9-3-4-10(7-14(9)19-2)15(16)12-8-11(17)5-6-13(12)18/h3-8,15H,1-2H3. The molecule has 0 radical (unpaired) electrons. The van der Waals surface area contributed by atoms with Gasteiger partial charge in [-0.2, -0.15) is 0 Å². The molecular weight excluding hydrogens is 347 g/mol. The van der Waals surface area contributed by atoms with Crippen LogP contribution in [0.4, 0.5) is 0 Å². The zero-order valence-electron chi connectivity index (χ0n) is 10.6. The highest BCUT2D eigenvalue weighted by Gasteiger charge is 2.15. The van der Waals surface area contributed by atoms with E-state index in [-0.39, 0.29) is 4.83 Å². The van der Waals surface area contributed by atoms with Gasteiger partial charge in [0.15, 0.2) is 0 Å². The Morgan fingerprint density at radius 2 is 1.84 bits per heavy atom. The number of ether oxygens (including phenoxy) is 1. The van der Waals surface area contributed by atoms with E-state index in [4.69, 9.17) is 27.9 Å². The van der Waals surface area contributed by atoms with Crippen molar-refractivity contribution in [3.8, 4) is 5.75 Å². The van der Waals surface area contributed by atoms with Crippen LogP contribution in [0.25, 0.3) is 0 Å². The van der Waals surface area contributed by atoms with Gasteiger partial charge in [0, 0.05) is 10.0 Å². The second-order valence-electron chi connectivity index (χ2n) is 4.26. The molecule has 0 amide bonds. The SMILES string of the molecule is COc1cc(C(Br)c2cc(Cl)ccc2Cl)ccc1C. The number of methoxy groups -OCH3 is 1. The van der Waals surface area contributed by atoms with Crippen LogP contribution in [0.15, 0.2) is 36.4 Å². The fourth-order valence-corrected chi connectivity index (χ4v) is 3.09. The minimum Gasteiger partial charge on any atom is -0.496 e. The van der Waals surface area contributed by atoms with E-state index in [1.54, 1.807) is 19.2 Å². The number of alkyl halides is 1. The van der Waals surface area contributed by atoms with Crippen LogP contribution < -0.4 is 4.74 Å². The van der Waals surface area contributed by atoms with Gasteiger partial charge in [-0.15, -0.1) is 0 Å². The highest BCUT2D eigenvalue weighted by atomic mass is 79.9. The predicted octanol–water partition coefficient (Wildman–Crippen LogP) is 5.79. The van der Waals surface area contributed by atoms with Gasteiger partial charge < -0.3 is 4.74 Å². The van der Waals surface area contributed by atoms with E-state index >= 15 is 0 Å². The lowest BCUT2D eigenvalue weighted by Crippen LogP contribution is -1.96. The van der Waals surface area contributed by atoms with Crippen molar-refractivity contribution < 1.29 is 4.74 Å². The maximum Gasteiger partial charge on any atom is 0.122 e. The molecule has 0 bridgehead atoms. The first-order valence-corrected chi connectivity index (χ1v) is 7.43. The zero-order chi connectivity index (χ0) is 14.0. The molecule has 2 aromatic rings. The minimum atomic E-state index is -0.0202. The van der Waals surface area contributed by atoms with Gasteiger partial charge >= 0.3 is 0 Å². The molecule has 1 unspecified atom stereocenters. The predicted molar refractivity (Wildman–Crippen MR) is 85.0 cm³/mol. The Morgan fingerprint density at radius 3 is 2.53 bits per heavy atom. The van der Waals surface area contributed by atoms with E-state index in [2.05, 4.69) is 22.0 Å². The Bertz CT molecular complexity index is 599. The summed E-state index contributed by atoms with van der Waals surface area (Å²) >= 11 is 15.9. The van der Waals surface area contributed by atoms with Crippen molar-refractivity contribution in [1.82, 2.24) is 0 Å². The van der Waals surface area contributed by atoms with Gasteiger partial charge in [-0.25, -0.2) is 0 Å². The third-order valence-electron chi connectivity index (χ3n) is 2.96. The fraction of sp³-hybridized carbons (Fsp3) is 0.200. The second kappa shape index (κ2) is 6.17. The van der Waals surface area contributed by atoms with Crippen molar-refractivity contribution in [1.29, 1.82) is 0 Å². The van der Waals surface area contributed by atoms with Gasteiger partial charge in [0.25, 0.3) is 0 Å². The number of hydrogen-bond acceptors (Lipinski definition) is 1.